The van der Waals surface area contributed by atoms with Crippen molar-refractivity contribution >= 4 is 44.9 Å². The molecule has 0 fully saturated rings. The Labute approximate surface area is 177 Å². The molecule has 0 saturated heterocycles. The largest absolute Gasteiger partial charge is 0.495 e. The van der Waals surface area contributed by atoms with Gasteiger partial charge in [0.25, 0.3) is 5.56 Å². The molecule has 0 aliphatic heterocycles. The Balaban J connectivity index is 1.54. The SMILES string of the molecule is COc1ccccc1NC(=O)C(C)Sc1nc2sc3c(c2c(=O)[nH]1)CCC(C)C3. The van der Waals surface area contributed by atoms with Crippen LogP contribution in [-0.4, -0.2) is 28.2 Å². The number of nitrogens with one attached hydrogen (secondary N) is 2. The van der Waals surface area contributed by atoms with Gasteiger partial charge in [-0.05, 0) is 49.8 Å². The molecule has 3 aromatic rings. The predicted molar refractivity (Wildman–Crippen MR) is 118 cm³/mol. The smallest absolute Gasteiger partial charge is 0.260 e. The first-order valence-corrected chi connectivity index (χ1v) is 11.3. The van der Waals surface area contributed by atoms with E-state index in [9.17, 15) is 9.59 Å². The van der Waals surface area contributed by atoms with Crippen LogP contribution >= 0.6 is 23.1 Å². The van der Waals surface area contributed by atoms with Crippen LogP contribution < -0.4 is 15.6 Å². The monoisotopic (exact) mass is 429 g/mol. The molecule has 1 amide bonds. The average Bonchev–Trinajstić information content (AvgIpc) is 3.05. The van der Waals surface area contributed by atoms with Crippen molar-refractivity contribution in [2.45, 2.75) is 43.5 Å². The molecule has 0 radical (unpaired) electrons. The fraction of sp³-hybridized carbons (Fsp3) is 0.381. The van der Waals surface area contributed by atoms with E-state index >= 15 is 0 Å². The van der Waals surface area contributed by atoms with Gasteiger partial charge in [-0.3, -0.25) is 9.59 Å². The van der Waals surface area contributed by atoms with Crippen LogP contribution in [0, 0.1) is 5.92 Å². The van der Waals surface area contributed by atoms with Crippen LogP contribution in [0.25, 0.3) is 10.2 Å². The average molecular weight is 430 g/mol. The van der Waals surface area contributed by atoms with Crippen LogP contribution in [-0.2, 0) is 17.6 Å². The first-order chi connectivity index (χ1) is 14.0. The van der Waals surface area contributed by atoms with Crippen LogP contribution in [0.2, 0.25) is 0 Å². The van der Waals surface area contributed by atoms with Gasteiger partial charge in [0, 0.05) is 4.88 Å². The zero-order chi connectivity index (χ0) is 20.5. The Morgan fingerprint density at radius 2 is 2.21 bits per heavy atom. The summed E-state index contributed by atoms with van der Waals surface area (Å²) in [4.78, 5) is 34.9. The molecule has 8 heteroatoms. The number of aromatic nitrogens is 2. The zero-order valence-corrected chi connectivity index (χ0v) is 18.2. The molecule has 29 heavy (non-hydrogen) atoms. The number of ether oxygens (including phenoxy) is 1. The number of nitrogens with zero attached hydrogens (tertiary/aromatic N) is 1. The number of carbonyl (C=O) groups is 1. The van der Waals surface area contributed by atoms with Gasteiger partial charge in [-0.1, -0.05) is 30.8 Å². The van der Waals surface area contributed by atoms with Crippen LogP contribution in [0.1, 0.15) is 30.7 Å². The molecule has 2 heterocycles. The summed E-state index contributed by atoms with van der Waals surface area (Å²) in [5.74, 6) is 1.06. The van der Waals surface area contributed by atoms with Crippen molar-refractivity contribution in [3.63, 3.8) is 0 Å². The van der Waals surface area contributed by atoms with Crippen molar-refractivity contribution in [1.82, 2.24) is 9.97 Å². The molecule has 0 spiro atoms. The van der Waals surface area contributed by atoms with Gasteiger partial charge in [0.2, 0.25) is 5.91 Å². The number of thioether (sulfide) groups is 1. The minimum atomic E-state index is -0.435. The van der Waals surface area contributed by atoms with Gasteiger partial charge >= 0.3 is 0 Å². The highest BCUT2D eigenvalue weighted by molar-refractivity contribution is 8.00. The van der Waals surface area contributed by atoms with Gasteiger partial charge < -0.3 is 15.0 Å². The first kappa shape index (κ1) is 20.0. The normalized spacial score (nSPS) is 17.0. The highest BCUT2D eigenvalue weighted by atomic mass is 32.2. The van der Waals surface area contributed by atoms with Gasteiger partial charge in [-0.2, -0.15) is 0 Å². The maximum absolute atomic E-state index is 12.7. The number of thiophene rings is 1. The number of methoxy groups -OCH3 is 1. The minimum absolute atomic E-state index is 0.109. The molecule has 1 aromatic carbocycles. The zero-order valence-electron chi connectivity index (χ0n) is 16.6. The highest BCUT2D eigenvalue weighted by Crippen LogP contribution is 2.36. The fourth-order valence-electron chi connectivity index (χ4n) is 3.59. The van der Waals surface area contributed by atoms with Crippen LogP contribution in [0.15, 0.2) is 34.2 Å². The standard InChI is InChI=1S/C21H23N3O3S2/c1-11-8-9-13-16(10-11)29-20-17(13)19(26)23-21(24-20)28-12(2)18(25)22-14-6-4-5-7-15(14)27-3/h4-7,11-12H,8-10H2,1-3H3,(H,22,25)(H,23,24,26). The van der Waals surface area contributed by atoms with Crippen molar-refractivity contribution in [3.8, 4) is 5.75 Å². The summed E-state index contributed by atoms with van der Waals surface area (Å²) < 4.78 is 5.28. The lowest BCUT2D eigenvalue weighted by atomic mass is 9.89. The van der Waals surface area contributed by atoms with Gasteiger partial charge in [0.15, 0.2) is 5.16 Å². The lowest BCUT2D eigenvalue weighted by Crippen LogP contribution is -2.23. The third-order valence-corrected chi connectivity index (χ3v) is 7.30. The van der Waals surface area contributed by atoms with Crippen molar-refractivity contribution in [2.24, 2.45) is 5.92 Å². The minimum Gasteiger partial charge on any atom is -0.495 e. The van der Waals surface area contributed by atoms with Gasteiger partial charge in [0.05, 0.1) is 23.4 Å². The summed E-state index contributed by atoms with van der Waals surface area (Å²) >= 11 is 2.86. The van der Waals surface area contributed by atoms with E-state index in [-0.39, 0.29) is 11.5 Å². The third kappa shape index (κ3) is 4.04. The Morgan fingerprint density at radius 3 is 3.00 bits per heavy atom. The second kappa shape index (κ2) is 8.20. The van der Waals surface area contributed by atoms with E-state index in [0.29, 0.717) is 22.5 Å². The Kier molecular flexibility index (Phi) is 5.65. The number of H-pyrrole nitrogens is 1. The lowest BCUT2D eigenvalue weighted by molar-refractivity contribution is -0.115. The Hall–Kier alpha value is -2.32. The number of fused-ring (bicyclic) bond motifs is 3. The number of hydrogen-bond donors (Lipinski definition) is 2. The van der Waals surface area contributed by atoms with Crippen molar-refractivity contribution in [2.75, 3.05) is 12.4 Å². The Bertz CT molecular complexity index is 1120. The molecule has 152 valence electrons. The molecule has 6 nitrogen and oxygen atoms in total. The molecule has 1 aliphatic carbocycles. The van der Waals surface area contributed by atoms with Crippen LogP contribution in [0.3, 0.4) is 0 Å². The molecular formula is C21H23N3O3S2. The molecule has 2 atom stereocenters. The predicted octanol–water partition coefficient (Wildman–Crippen LogP) is 4.24. The summed E-state index contributed by atoms with van der Waals surface area (Å²) in [6.07, 6.45) is 3.05. The number of aryl methyl sites for hydroxylation is 1. The van der Waals surface area contributed by atoms with Crippen LogP contribution in [0.5, 0.6) is 5.75 Å². The van der Waals surface area contributed by atoms with E-state index in [2.05, 4.69) is 22.2 Å². The van der Waals surface area contributed by atoms with Crippen molar-refractivity contribution < 1.29 is 9.53 Å². The topological polar surface area (TPSA) is 84.1 Å². The number of carbonyl (C=O) groups excluding carboxylic acids is 1. The summed E-state index contributed by atoms with van der Waals surface area (Å²) in [6.45, 7) is 4.04. The summed E-state index contributed by atoms with van der Waals surface area (Å²) in [7, 11) is 1.56. The van der Waals surface area contributed by atoms with E-state index in [0.717, 1.165) is 35.0 Å². The number of benzene rings is 1. The highest BCUT2D eigenvalue weighted by Gasteiger charge is 2.24. The molecule has 0 saturated carbocycles. The summed E-state index contributed by atoms with van der Waals surface area (Å²) in [5, 5.41) is 3.64. The number of rotatable bonds is 5. The van der Waals surface area contributed by atoms with Crippen molar-refractivity contribution in [3.05, 3.63) is 45.1 Å². The second-order valence-electron chi connectivity index (χ2n) is 7.35. The van der Waals surface area contributed by atoms with Crippen molar-refractivity contribution in [1.29, 1.82) is 0 Å². The second-order valence-corrected chi connectivity index (χ2v) is 9.77. The third-order valence-electron chi connectivity index (χ3n) is 5.17. The van der Waals surface area contributed by atoms with Gasteiger partial charge in [0.1, 0.15) is 10.6 Å². The lowest BCUT2D eigenvalue weighted by Gasteiger charge is -2.17. The maximum atomic E-state index is 12.7. The van der Waals surface area contributed by atoms with E-state index in [1.54, 1.807) is 37.5 Å². The quantitative estimate of drug-likeness (QED) is 0.468. The molecule has 2 N–H and O–H groups in total. The number of anilines is 1. The van der Waals surface area contributed by atoms with E-state index in [4.69, 9.17) is 4.74 Å². The molecule has 0 bridgehead atoms. The molecule has 2 unspecified atom stereocenters. The molecule has 2 aromatic heterocycles. The number of hydrogen-bond acceptors (Lipinski definition) is 6. The first-order valence-electron chi connectivity index (χ1n) is 9.61. The summed E-state index contributed by atoms with van der Waals surface area (Å²) in [6, 6.07) is 7.26. The van der Waals surface area contributed by atoms with E-state index in [1.807, 2.05) is 12.1 Å². The van der Waals surface area contributed by atoms with E-state index in [1.165, 1.54) is 16.6 Å². The fourth-order valence-corrected chi connectivity index (χ4v) is 5.83. The van der Waals surface area contributed by atoms with E-state index < -0.39 is 5.25 Å². The van der Waals surface area contributed by atoms with Gasteiger partial charge in [-0.25, -0.2) is 4.98 Å². The molecule has 1 aliphatic rings. The maximum Gasteiger partial charge on any atom is 0.260 e. The summed E-state index contributed by atoms with van der Waals surface area (Å²) in [5.41, 5.74) is 1.67. The number of aromatic amines is 1. The number of para-hydroxylation sites is 2. The van der Waals surface area contributed by atoms with Crippen LogP contribution in [0.4, 0.5) is 5.69 Å². The van der Waals surface area contributed by atoms with Gasteiger partial charge in [-0.15, -0.1) is 11.3 Å². The molecular weight excluding hydrogens is 406 g/mol. The molecule has 4 rings (SSSR count). The number of amides is 1. The Morgan fingerprint density at radius 1 is 1.41 bits per heavy atom.